The molecule has 6 aromatic rings. The zero-order chi connectivity index (χ0) is 40.1. The molecule has 0 saturated heterocycles. The maximum Gasteiger partial charge on any atom is 0.407 e. The fraction of sp³-hybridized carbons (Fsp3) is 0.250. The Labute approximate surface area is 326 Å². The number of pyridine rings is 2. The second kappa shape index (κ2) is 16.7. The number of aromatic nitrogens is 5. The Morgan fingerprint density at radius 3 is 2.47 bits per heavy atom. The Bertz CT molecular complexity index is 2530. The third-order valence-corrected chi connectivity index (χ3v) is 11.2. The highest BCUT2D eigenvalue weighted by molar-refractivity contribution is 7.90. The molecule has 0 radical (unpaired) electrons. The molecular formula is C40H38F2N8O6S. The van der Waals surface area contributed by atoms with E-state index in [1.54, 1.807) is 43.5 Å². The number of anilines is 1. The standard InChI is InChI=1S/C40H38F2N8O6S/c1-24-6-12-31(13-7-24)57(53,54)50-22-33(32-17-27(41)20-45-38(32)50)36-44-21-34(42)37(49-36)47-28-4-3-5-29(18-28)48-39(51)35-16-26(14-15-43-35)23-56-40(52)46-19-25-8-10-30(55-2)11-9-25/h6-17,20-22,28-29H,3-5,18-19,23H2,1-2H3,(H,46,52)(H,48,51)(H,44,47,49)/t28-,29?/m1/s1. The number of aryl methyl sites for hydroxylation is 1. The number of rotatable bonds is 12. The van der Waals surface area contributed by atoms with Gasteiger partial charge in [-0.2, -0.15) is 0 Å². The zero-order valence-electron chi connectivity index (χ0n) is 30.9. The smallest absolute Gasteiger partial charge is 0.407 e. The van der Waals surface area contributed by atoms with Gasteiger partial charge in [-0.1, -0.05) is 29.8 Å². The summed E-state index contributed by atoms with van der Waals surface area (Å²) >= 11 is 0. The number of alkyl carbamates (subject to hydrolysis) is 1. The van der Waals surface area contributed by atoms with E-state index < -0.39 is 33.7 Å². The maximum absolute atomic E-state index is 15.2. The van der Waals surface area contributed by atoms with Crippen LogP contribution in [-0.2, 0) is 27.9 Å². The van der Waals surface area contributed by atoms with Crippen LogP contribution in [0.3, 0.4) is 0 Å². The van der Waals surface area contributed by atoms with Gasteiger partial charge in [0.2, 0.25) is 0 Å². The number of benzene rings is 2. The van der Waals surface area contributed by atoms with Crippen LogP contribution >= 0.6 is 0 Å². The lowest BCUT2D eigenvalue weighted by atomic mass is 9.91. The number of ether oxygens (including phenoxy) is 2. The number of methoxy groups -OCH3 is 1. The predicted molar refractivity (Wildman–Crippen MR) is 206 cm³/mol. The molecule has 1 saturated carbocycles. The van der Waals surface area contributed by atoms with Gasteiger partial charge in [0, 0.05) is 42.0 Å². The van der Waals surface area contributed by atoms with E-state index in [9.17, 15) is 22.4 Å². The highest BCUT2D eigenvalue weighted by atomic mass is 32.2. The van der Waals surface area contributed by atoms with E-state index in [0.717, 1.165) is 33.6 Å². The van der Waals surface area contributed by atoms with Crippen LogP contribution in [0.15, 0.2) is 96.4 Å². The first kappa shape index (κ1) is 38.8. The maximum atomic E-state index is 15.2. The van der Waals surface area contributed by atoms with Crippen LogP contribution in [-0.4, -0.2) is 63.5 Å². The Hall–Kier alpha value is -6.49. The normalized spacial score (nSPS) is 15.5. The Morgan fingerprint density at radius 1 is 0.930 bits per heavy atom. The lowest BCUT2D eigenvalue weighted by Gasteiger charge is -2.30. The predicted octanol–water partition coefficient (Wildman–Crippen LogP) is 6.30. The number of hydrogen-bond donors (Lipinski definition) is 3. The van der Waals surface area contributed by atoms with E-state index in [-0.39, 0.29) is 64.1 Å². The number of nitrogens with zero attached hydrogens (tertiary/aromatic N) is 5. The van der Waals surface area contributed by atoms with Crippen LogP contribution < -0.4 is 20.7 Å². The summed E-state index contributed by atoms with van der Waals surface area (Å²) in [5.41, 5.74) is 2.55. The van der Waals surface area contributed by atoms with Gasteiger partial charge in [-0.15, -0.1) is 0 Å². The van der Waals surface area contributed by atoms with Gasteiger partial charge in [-0.3, -0.25) is 9.78 Å². The quantitative estimate of drug-likeness (QED) is 0.127. The van der Waals surface area contributed by atoms with Gasteiger partial charge < -0.3 is 25.4 Å². The lowest BCUT2D eigenvalue weighted by Crippen LogP contribution is -2.42. The molecule has 1 unspecified atom stereocenters. The van der Waals surface area contributed by atoms with Gasteiger partial charge in [-0.05, 0) is 86.2 Å². The largest absolute Gasteiger partial charge is 0.497 e. The molecule has 2 atom stereocenters. The minimum absolute atomic E-state index is 0.00283. The van der Waals surface area contributed by atoms with E-state index in [1.807, 2.05) is 19.1 Å². The molecule has 14 nitrogen and oxygen atoms in total. The van der Waals surface area contributed by atoms with Crippen molar-refractivity contribution < 1.29 is 36.3 Å². The van der Waals surface area contributed by atoms with Gasteiger partial charge in [0.1, 0.15) is 23.9 Å². The zero-order valence-corrected chi connectivity index (χ0v) is 31.7. The number of nitrogens with one attached hydrogen (secondary N) is 3. The molecule has 2 aromatic carbocycles. The van der Waals surface area contributed by atoms with Crippen LogP contribution in [0.1, 0.15) is 52.9 Å². The average molecular weight is 797 g/mol. The van der Waals surface area contributed by atoms with E-state index in [1.165, 1.54) is 24.5 Å². The fourth-order valence-electron chi connectivity index (χ4n) is 6.55. The Kier molecular flexibility index (Phi) is 11.4. The van der Waals surface area contributed by atoms with Crippen LogP contribution in [0.25, 0.3) is 22.4 Å². The molecule has 0 bridgehead atoms. The molecule has 57 heavy (non-hydrogen) atoms. The van der Waals surface area contributed by atoms with Gasteiger partial charge in [0.05, 0.1) is 24.4 Å². The summed E-state index contributed by atoms with van der Waals surface area (Å²) < 4.78 is 68.5. The number of carbonyl (C=O) groups excluding carboxylic acids is 2. The summed E-state index contributed by atoms with van der Waals surface area (Å²) in [6, 6.07) is 17.3. The third kappa shape index (κ3) is 8.99. The molecule has 0 spiro atoms. The SMILES string of the molecule is COc1ccc(CNC(=O)OCc2ccnc(C(=O)NC3CCC[C@@H](Nc4nc(-c5cn(S(=O)(=O)c6ccc(C)cc6)c6ncc(F)cc56)ncc4F)C3)c2)cc1. The monoisotopic (exact) mass is 796 g/mol. The molecule has 1 aliphatic carbocycles. The number of hydrogen-bond acceptors (Lipinski definition) is 11. The highest BCUT2D eigenvalue weighted by Gasteiger charge is 2.27. The molecule has 294 valence electrons. The first-order valence-corrected chi connectivity index (χ1v) is 19.5. The summed E-state index contributed by atoms with van der Waals surface area (Å²) in [5.74, 6) is -1.34. The first-order valence-electron chi connectivity index (χ1n) is 18.0. The number of carbonyl (C=O) groups is 2. The van der Waals surface area contributed by atoms with Crippen molar-refractivity contribution in [2.75, 3.05) is 12.4 Å². The molecule has 4 heterocycles. The molecule has 4 aromatic heterocycles. The Balaban J connectivity index is 0.996. The van der Waals surface area contributed by atoms with Crippen LogP contribution in [0, 0.1) is 18.6 Å². The van der Waals surface area contributed by atoms with Crippen molar-refractivity contribution in [3.05, 3.63) is 126 Å². The van der Waals surface area contributed by atoms with Crippen molar-refractivity contribution in [1.29, 1.82) is 0 Å². The number of fused-ring (bicyclic) bond motifs is 1. The topological polar surface area (TPSA) is 179 Å². The van der Waals surface area contributed by atoms with Gasteiger partial charge in [0.15, 0.2) is 23.1 Å². The summed E-state index contributed by atoms with van der Waals surface area (Å²) in [4.78, 5) is 42.3. The fourth-order valence-corrected chi connectivity index (χ4v) is 7.87. The highest BCUT2D eigenvalue weighted by Crippen LogP contribution is 2.32. The minimum Gasteiger partial charge on any atom is -0.497 e. The second-order valence-corrected chi connectivity index (χ2v) is 15.4. The summed E-state index contributed by atoms with van der Waals surface area (Å²) in [5, 5.41) is 8.93. The molecule has 17 heteroatoms. The number of amides is 2. The molecule has 1 aliphatic rings. The van der Waals surface area contributed by atoms with Crippen molar-refractivity contribution in [3.8, 4) is 17.1 Å². The van der Waals surface area contributed by atoms with Crippen molar-refractivity contribution in [3.63, 3.8) is 0 Å². The van der Waals surface area contributed by atoms with Crippen molar-refractivity contribution >= 4 is 38.9 Å². The minimum atomic E-state index is -4.16. The van der Waals surface area contributed by atoms with E-state index in [4.69, 9.17) is 9.47 Å². The van der Waals surface area contributed by atoms with Gasteiger partial charge >= 0.3 is 6.09 Å². The summed E-state index contributed by atoms with van der Waals surface area (Å²) in [7, 11) is -2.58. The van der Waals surface area contributed by atoms with Crippen LogP contribution in [0.2, 0.25) is 0 Å². The van der Waals surface area contributed by atoms with E-state index >= 15 is 4.39 Å². The van der Waals surface area contributed by atoms with Crippen molar-refractivity contribution in [1.82, 2.24) is 34.5 Å². The molecule has 3 N–H and O–H groups in total. The van der Waals surface area contributed by atoms with Gasteiger partial charge in [0.25, 0.3) is 15.9 Å². The van der Waals surface area contributed by atoms with Gasteiger partial charge in [-0.25, -0.2) is 40.9 Å². The average Bonchev–Trinajstić information content (AvgIpc) is 3.60. The van der Waals surface area contributed by atoms with Crippen molar-refractivity contribution in [2.24, 2.45) is 0 Å². The van der Waals surface area contributed by atoms with E-state index in [2.05, 4.69) is 35.9 Å². The molecule has 2 amide bonds. The van der Waals surface area contributed by atoms with E-state index in [0.29, 0.717) is 37.0 Å². The molecule has 0 aliphatic heterocycles. The van der Waals surface area contributed by atoms with Crippen LogP contribution in [0.4, 0.5) is 19.4 Å². The molecular weight excluding hydrogens is 759 g/mol. The Morgan fingerprint density at radius 2 is 1.70 bits per heavy atom. The van der Waals surface area contributed by atoms with Crippen LogP contribution in [0.5, 0.6) is 5.75 Å². The number of halogens is 2. The molecule has 1 fully saturated rings. The summed E-state index contributed by atoms with van der Waals surface area (Å²) in [6.07, 6.45) is 6.45. The molecule has 7 rings (SSSR count). The summed E-state index contributed by atoms with van der Waals surface area (Å²) in [6.45, 7) is 2.02. The first-order chi connectivity index (χ1) is 27.5. The lowest BCUT2D eigenvalue weighted by molar-refractivity contribution is 0.0921. The third-order valence-electron chi connectivity index (χ3n) is 9.51. The second-order valence-electron chi connectivity index (χ2n) is 13.6. The van der Waals surface area contributed by atoms with Crippen molar-refractivity contribution in [2.45, 2.75) is 62.7 Å².